The summed E-state index contributed by atoms with van der Waals surface area (Å²) in [4.78, 5) is 15.0. The highest BCUT2D eigenvalue weighted by molar-refractivity contribution is 5.76. The first-order chi connectivity index (χ1) is 13.7. The van der Waals surface area contributed by atoms with Gasteiger partial charge in [0.2, 0.25) is 5.91 Å². The normalized spacial score (nSPS) is 10.5. The molecule has 1 amide bonds. The van der Waals surface area contributed by atoms with Crippen LogP contribution < -0.4 is 4.74 Å². The van der Waals surface area contributed by atoms with Gasteiger partial charge in [-0.05, 0) is 41.7 Å². The second kappa shape index (κ2) is 9.75. The third-order valence-corrected chi connectivity index (χ3v) is 4.87. The molecule has 144 valence electrons. The average molecular weight is 373 g/mol. The van der Waals surface area contributed by atoms with Gasteiger partial charge in [0.25, 0.3) is 0 Å². The van der Waals surface area contributed by atoms with Crippen molar-refractivity contribution in [2.45, 2.75) is 32.9 Å². The third kappa shape index (κ3) is 5.46. The number of carbonyl (C=O) groups excluding carboxylic acids is 1. The standard InChI is InChI=1S/C25H27NO2/c1-20-17-21(13-15-24(20)28-2)14-16-25(27)26(18-22-9-5-3-6-10-22)19-23-11-7-4-8-12-23/h3-13,15,17H,14,16,18-19H2,1-2H3. The Morgan fingerprint density at radius 1 is 0.821 bits per heavy atom. The van der Waals surface area contributed by atoms with Gasteiger partial charge in [-0.3, -0.25) is 4.79 Å². The highest BCUT2D eigenvalue weighted by Gasteiger charge is 2.15. The smallest absolute Gasteiger partial charge is 0.223 e. The maximum Gasteiger partial charge on any atom is 0.223 e. The van der Waals surface area contributed by atoms with Crippen molar-refractivity contribution in [1.82, 2.24) is 4.90 Å². The number of carbonyl (C=O) groups is 1. The summed E-state index contributed by atoms with van der Waals surface area (Å²) in [7, 11) is 1.68. The molecular weight excluding hydrogens is 346 g/mol. The van der Waals surface area contributed by atoms with Gasteiger partial charge >= 0.3 is 0 Å². The molecule has 0 aliphatic carbocycles. The van der Waals surface area contributed by atoms with Crippen LogP contribution in [-0.4, -0.2) is 17.9 Å². The molecule has 0 spiro atoms. The molecule has 3 aromatic carbocycles. The predicted octanol–water partition coefficient (Wildman–Crippen LogP) is 5.17. The Balaban J connectivity index is 1.69. The molecule has 0 heterocycles. The zero-order valence-electron chi connectivity index (χ0n) is 16.6. The molecule has 0 fully saturated rings. The molecule has 28 heavy (non-hydrogen) atoms. The predicted molar refractivity (Wildman–Crippen MR) is 113 cm³/mol. The largest absolute Gasteiger partial charge is 0.496 e. The van der Waals surface area contributed by atoms with Crippen molar-refractivity contribution in [3.05, 3.63) is 101 Å². The van der Waals surface area contributed by atoms with E-state index in [1.54, 1.807) is 7.11 Å². The summed E-state index contributed by atoms with van der Waals surface area (Å²) in [5.74, 6) is 1.05. The SMILES string of the molecule is COc1ccc(CCC(=O)N(Cc2ccccc2)Cc2ccccc2)cc1C. The summed E-state index contributed by atoms with van der Waals surface area (Å²) in [5.41, 5.74) is 4.54. The second-order valence-electron chi connectivity index (χ2n) is 7.02. The van der Waals surface area contributed by atoms with E-state index in [4.69, 9.17) is 4.74 Å². The van der Waals surface area contributed by atoms with E-state index >= 15 is 0 Å². The highest BCUT2D eigenvalue weighted by atomic mass is 16.5. The van der Waals surface area contributed by atoms with E-state index in [2.05, 4.69) is 30.3 Å². The maximum absolute atomic E-state index is 13.0. The van der Waals surface area contributed by atoms with Crippen molar-refractivity contribution in [2.75, 3.05) is 7.11 Å². The second-order valence-corrected chi connectivity index (χ2v) is 7.02. The Hall–Kier alpha value is -3.07. The minimum Gasteiger partial charge on any atom is -0.496 e. The van der Waals surface area contributed by atoms with Crippen LogP contribution in [0.25, 0.3) is 0 Å². The zero-order valence-corrected chi connectivity index (χ0v) is 16.6. The molecule has 0 unspecified atom stereocenters. The number of amides is 1. The van der Waals surface area contributed by atoms with Gasteiger partial charge in [-0.2, -0.15) is 0 Å². The Labute approximate surface area is 167 Å². The summed E-state index contributed by atoms with van der Waals surface area (Å²) in [6.45, 7) is 3.27. The van der Waals surface area contributed by atoms with Crippen LogP contribution in [0.4, 0.5) is 0 Å². The van der Waals surface area contributed by atoms with Gasteiger partial charge in [0, 0.05) is 19.5 Å². The molecule has 3 rings (SSSR count). The van der Waals surface area contributed by atoms with Crippen LogP contribution in [0, 0.1) is 6.92 Å². The fourth-order valence-electron chi connectivity index (χ4n) is 3.35. The van der Waals surface area contributed by atoms with E-state index < -0.39 is 0 Å². The molecule has 0 bridgehead atoms. The topological polar surface area (TPSA) is 29.5 Å². The molecule has 3 heteroatoms. The minimum absolute atomic E-state index is 0.168. The maximum atomic E-state index is 13.0. The number of ether oxygens (including phenoxy) is 1. The molecule has 0 aromatic heterocycles. The summed E-state index contributed by atoms with van der Waals surface area (Å²) in [6, 6.07) is 26.4. The van der Waals surface area contributed by atoms with Gasteiger partial charge in [0.05, 0.1) is 7.11 Å². The summed E-state index contributed by atoms with van der Waals surface area (Å²) in [5, 5.41) is 0. The quantitative estimate of drug-likeness (QED) is 0.545. The number of nitrogens with zero attached hydrogens (tertiary/aromatic N) is 1. The molecular formula is C25H27NO2. The van der Waals surface area contributed by atoms with Gasteiger partial charge in [0.15, 0.2) is 0 Å². The van der Waals surface area contributed by atoms with Crippen molar-refractivity contribution in [2.24, 2.45) is 0 Å². The summed E-state index contributed by atoms with van der Waals surface area (Å²) >= 11 is 0. The Bertz CT molecular complexity index is 849. The fraction of sp³-hybridized carbons (Fsp3) is 0.240. The van der Waals surface area contributed by atoms with Gasteiger partial charge in [0.1, 0.15) is 5.75 Å². The number of benzene rings is 3. The Kier molecular flexibility index (Phi) is 6.85. The van der Waals surface area contributed by atoms with Gasteiger partial charge in [-0.15, -0.1) is 0 Å². The number of aryl methyl sites for hydroxylation is 2. The Morgan fingerprint density at radius 3 is 1.89 bits per heavy atom. The average Bonchev–Trinajstić information content (AvgIpc) is 2.73. The lowest BCUT2D eigenvalue weighted by atomic mass is 10.1. The van der Waals surface area contributed by atoms with Gasteiger partial charge in [-0.25, -0.2) is 0 Å². The van der Waals surface area contributed by atoms with Crippen molar-refractivity contribution >= 4 is 5.91 Å². The molecule has 0 atom stereocenters. The molecule has 3 nitrogen and oxygen atoms in total. The van der Waals surface area contributed by atoms with Crippen LogP contribution in [0.1, 0.15) is 28.7 Å². The number of methoxy groups -OCH3 is 1. The zero-order chi connectivity index (χ0) is 19.8. The van der Waals surface area contributed by atoms with Crippen LogP contribution in [0.15, 0.2) is 78.9 Å². The first kappa shape index (κ1) is 19.7. The molecule has 0 saturated carbocycles. The van der Waals surface area contributed by atoms with Crippen LogP contribution in [0.5, 0.6) is 5.75 Å². The molecule has 0 saturated heterocycles. The van der Waals surface area contributed by atoms with Gasteiger partial charge < -0.3 is 9.64 Å². The highest BCUT2D eigenvalue weighted by Crippen LogP contribution is 2.20. The monoisotopic (exact) mass is 373 g/mol. The van der Waals surface area contributed by atoms with E-state index in [0.29, 0.717) is 19.5 Å². The summed E-state index contributed by atoms with van der Waals surface area (Å²) in [6.07, 6.45) is 1.22. The molecule has 0 aliphatic heterocycles. The van der Waals surface area contributed by atoms with Crippen molar-refractivity contribution in [1.29, 1.82) is 0 Å². The van der Waals surface area contributed by atoms with Crippen molar-refractivity contribution < 1.29 is 9.53 Å². The lowest BCUT2D eigenvalue weighted by molar-refractivity contribution is -0.132. The first-order valence-corrected chi connectivity index (χ1v) is 9.65. The first-order valence-electron chi connectivity index (χ1n) is 9.65. The Morgan fingerprint density at radius 2 is 1.39 bits per heavy atom. The van der Waals surface area contributed by atoms with E-state index in [9.17, 15) is 4.79 Å². The molecule has 0 radical (unpaired) electrons. The molecule has 3 aromatic rings. The summed E-state index contributed by atoms with van der Waals surface area (Å²) < 4.78 is 5.32. The molecule has 0 aliphatic rings. The van der Waals surface area contributed by atoms with E-state index in [1.807, 2.05) is 60.4 Å². The molecule has 0 N–H and O–H groups in total. The fourth-order valence-corrected chi connectivity index (χ4v) is 3.35. The van der Waals surface area contributed by atoms with Crippen LogP contribution in [-0.2, 0) is 24.3 Å². The van der Waals surface area contributed by atoms with Crippen molar-refractivity contribution in [3.63, 3.8) is 0 Å². The number of rotatable bonds is 8. The number of hydrogen-bond acceptors (Lipinski definition) is 2. The minimum atomic E-state index is 0.168. The number of hydrogen-bond donors (Lipinski definition) is 0. The van der Waals surface area contributed by atoms with Crippen LogP contribution in [0.2, 0.25) is 0 Å². The van der Waals surface area contributed by atoms with Gasteiger partial charge in [-0.1, -0.05) is 72.8 Å². The van der Waals surface area contributed by atoms with E-state index in [-0.39, 0.29) is 5.91 Å². The van der Waals surface area contributed by atoms with E-state index in [1.165, 1.54) is 0 Å². The van der Waals surface area contributed by atoms with Crippen LogP contribution >= 0.6 is 0 Å². The van der Waals surface area contributed by atoms with Crippen molar-refractivity contribution in [3.8, 4) is 5.75 Å². The van der Waals surface area contributed by atoms with E-state index in [0.717, 1.165) is 34.4 Å². The third-order valence-electron chi connectivity index (χ3n) is 4.87. The van der Waals surface area contributed by atoms with Crippen LogP contribution in [0.3, 0.4) is 0 Å². The lowest BCUT2D eigenvalue weighted by Crippen LogP contribution is -2.30. The lowest BCUT2D eigenvalue weighted by Gasteiger charge is -2.23.